The lowest BCUT2D eigenvalue weighted by Crippen LogP contribution is -2.29. The number of carbonyl (C=O) groups excluding carboxylic acids is 2. The van der Waals surface area contributed by atoms with Crippen LogP contribution in [0.4, 0.5) is 16.4 Å². The second-order valence-electron chi connectivity index (χ2n) is 8.15. The van der Waals surface area contributed by atoms with Crippen molar-refractivity contribution in [3.05, 3.63) is 65.9 Å². The van der Waals surface area contributed by atoms with Crippen LogP contribution in [0.15, 0.2) is 54.7 Å². The van der Waals surface area contributed by atoms with Gasteiger partial charge < -0.3 is 20.1 Å². The molecule has 2 aliphatic heterocycles. The van der Waals surface area contributed by atoms with Crippen molar-refractivity contribution < 1.29 is 19.1 Å². The Bertz CT molecular complexity index is 1320. The van der Waals surface area contributed by atoms with Crippen molar-refractivity contribution in [3.8, 4) is 23.1 Å². The van der Waals surface area contributed by atoms with Crippen molar-refractivity contribution in [3.63, 3.8) is 0 Å². The van der Waals surface area contributed by atoms with Crippen LogP contribution in [-0.4, -0.2) is 47.8 Å². The van der Waals surface area contributed by atoms with Crippen LogP contribution in [0, 0.1) is 11.3 Å². The Morgan fingerprint density at radius 3 is 3.00 bits per heavy atom. The molecule has 4 heterocycles. The van der Waals surface area contributed by atoms with Crippen LogP contribution in [0.25, 0.3) is 11.3 Å². The number of aromatic nitrogens is 2. The molecule has 10 heteroatoms. The normalized spacial score (nSPS) is 16.7. The molecule has 5 rings (SSSR count). The molecule has 0 radical (unpaired) electrons. The van der Waals surface area contributed by atoms with Gasteiger partial charge in [0, 0.05) is 18.3 Å². The minimum absolute atomic E-state index is 0.0524. The molecule has 0 unspecified atom stereocenters. The number of fused-ring (bicyclic) bond motifs is 1. The van der Waals surface area contributed by atoms with Crippen molar-refractivity contribution >= 4 is 23.6 Å². The van der Waals surface area contributed by atoms with Gasteiger partial charge in [-0.3, -0.25) is 14.7 Å². The summed E-state index contributed by atoms with van der Waals surface area (Å²) in [6.07, 6.45) is 1.56. The predicted molar refractivity (Wildman–Crippen MR) is 127 cm³/mol. The Kier molecular flexibility index (Phi) is 6.24. The first kappa shape index (κ1) is 22.3. The molecule has 1 fully saturated rings. The maximum atomic E-state index is 12.4. The number of hydrogen-bond donors (Lipinski definition) is 2. The monoisotopic (exact) mass is 470 g/mol. The van der Waals surface area contributed by atoms with E-state index in [1.807, 2.05) is 24.3 Å². The van der Waals surface area contributed by atoms with Gasteiger partial charge in [-0.2, -0.15) is 5.26 Å². The highest BCUT2D eigenvalue weighted by Gasteiger charge is 2.33. The summed E-state index contributed by atoms with van der Waals surface area (Å²) in [5, 5.41) is 15.4. The van der Waals surface area contributed by atoms with E-state index in [2.05, 4.69) is 26.7 Å². The first-order valence-corrected chi connectivity index (χ1v) is 11.2. The van der Waals surface area contributed by atoms with Crippen LogP contribution >= 0.6 is 0 Å². The first-order valence-electron chi connectivity index (χ1n) is 11.2. The maximum absolute atomic E-state index is 12.4. The summed E-state index contributed by atoms with van der Waals surface area (Å²) in [5.41, 5.74) is 3.15. The summed E-state index contributed by atoms with van der Waals surface area (Å²) in [6, 6.07) is 16.9. The van der Waals surface area contributed by atoms with Gasteiger partial charge in [-0.05, 0) is 48.9 Å². The van der Waals surface area contributed by atoms with Crippen molar-refractivity contribution in [1.29, 1.82) is 5.26 Å². The summed E-state index contributed by atoms with van der Waals surface area (Å²) in [4.78, 5) is 34.1. The second-order valence-corrected chi connectivity index (χ2v) is 8.15. The zero-order chi connectivity index (χ0) is 24.2. The molecule has 0 saturated carbocycles. The smallest absolute Gasteiger partial charge is 0.415 e. The van der Waals surface area contributed by atoms with E-state index in [0.29, 0.717) is 54.7 Å². The number of rotatable bonds is 7. The van der Waals surface area contributed by atoms with E-state index >= 15 is 0 Å². The van der Waals surface area contributed by atoms with Crippen LogP contribution in [0.1, 0.15) is 17.5 Å². The van der Waals surface area contributed by atoms with Gasteiger partial charge in [0.1, 0.15) is 18.0 Å². The molecule has 35 heavy (non-hydrogen) atoms. The molecule has 2 N–H and O–H groups in total. The minimum atomic E-state index is -0.470. The second kappa shape index (κ2) is 9.79. The lowest BCUT2D eigenvalue weighted by molar-refractivity contribution is -0.118. The number of anilines is 2. The SMILES string of the molecule is N#Cc1cccnc1-c1cccc(CNCC[C@H]2CN(c3ccc4c(n3)NC(=O)CO4)C(=O)O2)c1. The van der Waals surface area contributed by atoms with Gasteiger partial charge >= 0.3 is 6.09 Å². The lowest BCUT2D eigenvalue weighted by atomic mass is 10.0. The topological polar surface area (TPSA) is 129 Å². The Balaban J connectivity index is 1.14. The Morgan fingerprint density at radius 2 is 2.11 bits per heavy atom. The Hall–Kier alpha value is -4.49. The number of pyridine rings is 2. The molecular formula is C25H22N6O4. The number of hydrogen-bond acceptors (Lipinski definition) is 8. The molecular weight excluding hydrogens is 448 g/mol. The van der Waals surface area contributed by atoms with Gasteiger partial charge in [0.25, 0.3) is 5.91 Å². The number of cyclic esters (lactones) is 1. The number of nitriles is 1. The van der Waals surface area contributed by atoms with Crippen molar-refractivity contribution in [2.24, 2.45) is 0 Å². The van der Waals surface area contributed by atoms with E-state index in [1.54, 1.807) is 30.5 Å². The number of benzene rings is 1. The van der Waals surface area contributed by atoms with E-state index < -0.39 is 6.09 Å². The van der Waals surface area contributed by atoms with Crippen LogP contribution in [-0.2, 0) is 16.1 Å². The standard InChI is InChI=1S/C25H22N6O4/c26-12-18-5-2-9-28-23(18)17-4-1-3-16(11-17)13-27-10-8-19-14-31(25(33)35-19)21-7-6-20-24(29-21)30-22(32)15-34-20/h1-7,9,11,19,27H,8,10,13-15H2,(H,29,30,32)/t19-/m0/s1. The van der Waals surface area contributed by atoms with Crippen LogP contribution < -0.4 is 20.3 Å². The minimum Gasteiger partial charge on any atom is -0.480 e. The molecule has 10 nitrogen and oxygen atoms in total. The molecule has 176 valence electrons. The fourth-order valence-corrected chi connectivity index (χ4v) is 4.01. The molecule has 0 spiro atoms. The summed E-state index contributed by atoms with van der Waals surface area (Å²) in [7, 11) is 0. The quantitative estimate of drug-likeness (QED) is 0.504. The third-order valence-electron chi connectivity index (χ3n) is 5.71. The molecule has 0 bridgehead atoms. The van der Waals surface area contributed by atoms with Crippen LogP contribution in [0.3, 0.4) is 0 Å². The number of nitrogens with one attached hydrogen (secondary N) is 2. The lowest BCUT2D eigenvalue weighted by Gasteiger charge is -2.19. The van der Waals surface area contributed by atoms with Gasteiger partial charge in [0.15, 0.2) is 18.2 Å². The molecule has 1 atom stereocenters. The highest BCUT2D eigenvalue weighted by Crippen LogP contribution is 2.30. The summed E-state index contributed by atoms with van der Waals surface area (Å²) >= 11 is 0. The summed E-state index contributed by atoms with van der Waals surface area (Å²) < 4.78 is 10.8. The average molecular weight is 470 g/mol. The Morgan fingerprint density at radius 1 is 1.20 bits per heavy atom. The predicted octanol–water partition coefficient (Wildman–Crippen LogP) is 2.85. The van der Waals surface area contributed by atoms with Crippen LogP contribution in [0.2, 0.25) is 0 Å². The molecule has 1 saturated heterocycles. The maximum Gasteiger partial charge on any atom is 0.415 e. The van der Waals surface area contributed by atoms with Crippen molar-refractivity contribution in [2.75, 3.05) is 29.9 Å². The molecule has 0 aliphatic carbocycles. The zero-order valence-electron chi connectivity index (χ0n) is 18.7. The number of amides is 2. The third-order valence-corrected chi connectivity index (χ3v) is 5.71. The fourth-order valence-electron chi connectivity index (χ4n) is 4.01. The first-order chi connectivity index (χ1) is 17.1. The van der Waals surface area contributed by atoms with Gasteiger partial charge in [-0.15, -0.1) is 0 Å². The Labute approximate surface area is 201 Å². The van der Waals surface area contributed by atoms with Crippen LogP contribution in [0.5, 0.6) is 5.75 Å². The van der Waals surface area contributed by atoms with Gasteiger partial charge in [0.05, 0.1) is 17.8 Å². The molecule has 1 aromatic carbocycles. The summed E-state index contributed by atoms with van der Waals surface area (Å²) in [5.74, 6) is 0.883. The summed E-state index contributed by atoms with van der Waals surface area (Å²) in [6.45, 7) is 1.58. The van der Waals surface area contributed by atoms with E-state index in [9.17, 15) is 14.9 Å². The molecule has 2 amide bonds. The fraction of sp³-hybridized carbons (Fsp3) is 0.240. The highest BCUT2D eigenvalue weighted by molar-refractivity contribution is 5.95. The van der Waals surface area contributed by atoms with Gasteiger partial charge in [-0.25, -0.2) is 9.78 Å². The van der Waals surface area contributed by atoms with E-state index in [4.69, 9.17) is 9.47 Å². The number of ether oxygens (including phenoxy) is 2. The van der Waals surface area contributed by atoms with Gasteiger partial charge in [-0.1, -0.05) is 18.2 Å². The van der Waals surface area contributed by atoms with Crippen molar-refractivity contribution in [1.82, 2.24) is 15.3 Å². The average Bonchev–Trinajstić information content (AvgIpc) is 3.26. The van der Waals surface area contributed by atoms with E-state index in [1.165, 1.54) is 4.90 Å². The molecule has 2 aromatic heterocycles. The van der Waals surface area contributed by atoms with Crippen molar-refractivity contribution in [2.45, 2.75) is 19.1 Å². The zero-order valence-corrected chi connectivity index (χ0v) is 18.7. The highest BCUT2D eigenvalue weighted by atomic mass is 16.6. The van der Waals surface area contributed by atoms with E-state index in [0.717, 1.165) is 11.1 Å². The largest absolute Gasteiger partial charge is 0.480 e. The third kappa shape index (κ3) is 4.90. The molecule has 2 aliphatic rings. The van der Waals surface area contributed by atoms with E-state index in [-0.39, 0.29) is 18.6 Å². The number of carbonyl (C=O) groups is 2. The molecule has 3 aromatic rings. The van der Waals surface area contributed by atoms with Gasteiger partial charge in [0.2, 0.25) is 0 Å². The number of nitrogens with zero attached hydrogens (tertiary/aromatic N) is 4.